The van der Waals surface area contributed by atoms with Crippen molar-refractivity contribution in [2.24, 2.45) is 0 Å². The molecular weight excluding hydrogens is 226 g/mol. The van der Waals surface area contributed by atoms with Crippen LogP contribution in [0.2, 0.25) is 0 Å². The summed E-state index contributed by atoms with van der Waals surface area (Å²) in [5.41, 5.74) is 0. The lowest BCUT2D eigenvalue weighted by Gasteiger charge is -2.20. The van der Waals surface area contributed by atoms with Crippen molar-refractivity contribution in [2.45, 2.75) is 13.2 Å². The van der Waals surface area contributed by atoms with Gasteiger partial charge in [-0.05, 0) is 15.9 Å². The summed E-state index contributed by atoms with van der Waals surface area (Å²) in [6, 6.07) is 0. The summed E-state index contributed by atoms with van der Waals surface area (Å²) in [4.78, 5) is 22.9. The van der Waals surface area contributed by atoms with E-state index in [1.54, 1.807) is 7.05 Å². The highest BCUT2D eigenvalue weighted by molar-refractivity contribution is 9.11. The molecule has 0 fully saturated rings. The molecule has 0 aromatic rings. The molecule has 0 saturated carbocycles. The molecule has 1 aliphatic rings. The molecule has 0 aromatic heterocycles. The predicted molar refractivity (Wildman–Crippen MR) is 45.3 cm³/mol. The number of rotatable bonds is 1. The van der Waals surface area contributed by atoms with Crippen LogP contribution in [0.5, 0.6) is 0 Å². The number of likely N-dealkylation sites (N-methyl/N-ethyl adjacent to an activating group) is 1. The lowest BCUT2D eigenvalue weighted by Crippen LogP contribution is -2.33. The fourth-order valence-electron chi connectivity index (χ4n) is 0.884. The predicted octanol–water partition coefficient (Wildman–Crippen LogP) is 0.626. The molecule has 0 aromatic carbocycles. The Hall–Kier alpha value is -0.840. The fraction of sp³-hybridized carbons (Fsp3) is 0.429. The van der Waals surface area contributed by atoms with Gasteiger partial charge in [-0.1, -0.05) is 0 Å². The zero-order chi connectivity index (χ0) is 9.30. The lowest BCUT2D eigenvalue weighted by atomic mass is 10.5. The number of carbonyl (C=O) groups excluding carboxylic acids is 2. The van der Waals surface area contributed by atoms with Crippen molar-refractivity contribution in [3.05, 3.63) is 10.6 Å². The molecule has 1 unspecified atom stereocenters. The second-order valence-corrected chi connectivity index (χ2v) is 3.36. The van der Waals surface area contributed by atoms with Crippen LogP contribution in [-0.2, 0) is 14.3 Å². The summed E-state index contributed by atoms with van der Waals surface area (Å²) in [5, 5.41) is 0. The zero-order valence-electron chi connectivity index (χ0n) is 6.70. The molecule has 1 atom stereocenters. The van der Waals surface area contributed by atoms with E-state index >= 15 is 0 Å². The van der Waals surface area contributed by atoms with Crippen LogP contribution in [0.3, 0.4) is 0 Å². The van der Waals surface area contributed by atoms with Crippen LogP contribution in [0.25, 0.3) is 0 Å². The average molecular weight is 234 g/mol. The van der Waals surface area contributed by atoms with Crippen molar-refractivity contribution in [1.82, 2.24) is 4.90 Å². The minimum absolute atomic E-state index is 0.173. The Kier molecular flexibility index (Phi) is 2.52. The molecule has 0 spiro atoms. The number of amides is 1. The third-order valence-electron chi connectivity index (χ3n) is 1.47. The van der Waals surface area contributed by atoms with E-state index in [4.69, 9.17) is 4.74 Å². The van der Waals surface area contributed by atoms with E-state index in [-0.39, 0.29) is 5.91 Å². The Bertz CT molecular complexity index is 261. The summed E-state index contributed by atoms with van der Waals surface area (Å²) in [6.45, 7) is 1.30. The molecule has 1 heterocycles. The van der Waals surface area contributed by atoms with Crippen molar-refractivity contribution in [3.63, 3.8) is 0 Å². The van der Waals surface area contributed by atoms with Gasteiger partial charge in [-0.3, -0.25) is 9.59 Å². The molecule has 1 amide bonds. The summed E-state index contributed by atoms with van der Waals surface area (Å²) in [5.74, 6) is -0.583. The molecule has 0 radical (unpaired) electrons. The topological polar surface area (TPSA) is 46.6 Å². The second kappa shape index (κ2) is 3.26. The van der Waals surface area contributed by atoms with Crippen LogP contribution in [0, 0.1) is 0 Å². The van der Waals surface area contributed by atoms with E-state index in [0.717, 1.165) is 0 Å². The molecule has 1 rings (SSSR count). The van der Waals surface area contributed by atoms with Crippen molar-refractivity contribution in [2.75, 3.05) is 7.05 Å². The van der Waals surface area contributed by atoms with Crippen LogP contribution >= 0.6 is 15.9 Å². The van der Waals surface area contributed by atoms with E-state index in [9.17, 15) is 9.59 Å². The molecule has 0 N–H and O–H groups in total. The Morgan fingerprint density at radius 1 is 1.75 bits per heavy atom. The number of carbonyl (C=O) groups is 2. The number of nitrogens with zero attached hydrogens (tertiary/aromatic N) is 1. The van der Waals surface area contributed by atoms with E-state index < -0.39 is 12.2 Å². The van der Waals surface area contributed by atoms with Gasteiger partial charge in [-0.25, -0.2) is 0 Å². The number of esters is 1. The summed E-state index contributed by atoms with van der Waals surface area (Å²) in [7, 11) is 1.57. The van der Waals surface area contributed by atoms with Crippen molar-refractivity contribution < 1.29 is 14.3 Å². The Balaban J connectivity index is 2.72. The van der Waals surface area contributed by atoms with Crippen molar-refractivity contribution in [3.8, 4) is 0 Å². The van der Waals surface area contributed by atoms with E-state index in [1.165, 1.54) is 17.9 Å². The third-order valence-corrected chi connectivity index (χ3v) is 2.09. The van der Waals surface area contributed by atoms with Gasteiger partial charge >= 0.3 is 5.97 Å². The zero-order valence-corrected chi connectivity index (χ0v) is 8.29. The molecule has 66 valence electrons. The van der Waals surface area contributed by atoms with Crippen molar-refractivity contribution in [1.29, 1.82) is 0 Å². The van der Waals surface area contributed by atoms with Gasteiger partial charge in [-0.15, -0.1) is 0 Å². The Labute approximate surface area is 78.3 Å². The van der Waals surface area contributed by atoms with Crippen LogP contribution in [0.15, 0.2) is 10.6 Å². The normalized spacial score (nSPS) is 22.6. The maximum atomic E-state index is 11.0. The minimum atomic E-state index is -0.588. The standard InChI is InChI=1S/C7H8BrNO3/c1-4(10)12-7-5(8)3-6(11)9(7)2/h3,7H,1-2H3. The van der Waals surface area contributed by atoms with Crippen LogP contribution in [-0.4, -0.2) is 30.1 Å². The Morgan fingerprint density at radius 3 is 2.67 bits per heavy atom. The first-order chi connectivity index (χ1) is 5.52. The summed E-state index contributed by atoms with van der Waals surface area (Å²) in [6.07, 6.45) is 0.795. The van der Waals surface area contributed by atoms with Gasteiger partial charge in [0.1, 0.15) is 0 Å². The van der Waals surface area contributed by atoms with E-state index in [0.29, 0.717) is 4.48 Å². The van der Waals surface area contributed by atoms with Gasteiger partial charge in [-0.2, -0.15) is 0 Å². The molecule has 5 heteroatoms. The first-order valence-electron chi connectivity index (χ1n) is 3.33. The molecule has 4 nitrogen and oxygen atoms in total. The summed E-state index contributed by atoms with van der Waals surface area (Å²) >= 11 is 3.14. The highest BCUT2D eigenvalue weighted by Gasteiger charge is 2.30. The Morgan fingerprint density at radius 2 is 2.33 bits per heavy atom. The first kappa shape index (κ1) is 9.25. The van der Waals surface area contributed by atoms with Crippen molar-refractivity contribution >= 4 is 27.8 Å². The SMILES string of the molecule is CC(=O)OC1C(Br)=CC(=O)N1C. The van der Waals surface area contributed by atoms with E-state index in [2.05, 4.69) is 15.9 Å². The number of hydrogen-bond acceptors (Lipinski definition) is 3. The largest absolute Gasteiger partial charge is 0.437 e. The highest BCUT2D eigenvalue weighted by atomic mass is 79.9. The smallest absolute Gasteiger partial charge is 0.304 e. The maximum Gasteiger partial charge on any atom is 0.304 e. The molecule has 12 heavy (non-hydrogen) atoms. The lowest BCUT2D eigenvalue weighted by molar-refractivity contribution is -0.153. The van der Waals surface area contributed by atoms with Gasteiger partial charge in [0.25, 0.3) is 0 Å². The average Bonchev–Trinajstić information content (AvgIpc) is 2.16. The third kappa shape index (κ3) is 1.66. The molecule has 1 aliphatic heterocycles. The van der Waals surface area contributed by atoms with Gasteiger partial charge in [0.15, 0.2) is 0 Å². The maximum absolute atomic E-state index is 11.0. The number of ether oxygens (including phenoxy) is 1. The van der Waals surface area contributed by atoms with Gasteiger partial charge in [0, 0.05) is 20.0 Å². The van der Waals surface area contributed by atoms with E-state index in [1.807, 2.05) is 0 Å². The minimum Gasteiger partial charge on any atom is -0.437 e. The molecule has 0 bridgehead atoms. The van der Waals surface area contributed by atoms with Crippen LogP contribution < -0.4 is 0 Å². The van der Waals surface area contributed by atoms with Gasteiger partial charge in [0.2, 0.25) is 12.1 Å². The number of hydrogen-bond donors (Lipinski definition) is 0. The van der Waals surface area contributed by atoms with Gasteiger partial charge < -0.3 is 9.64 Å². The number of halogens is 1. The first-order valence-corrected chi connectivity index (χ1v) is 4.13. The monoisotopic (exact) mass is 233 g/mol. The van der Waals surface area contributed by atoms with Crippen LogP contribution in [0.4, 0.5) is 0 Å². The second-order valence-electron chi connectivity index (χ2n) is 2.44. The molecule has 0 aliphatic carbocycles. The van der Waals surface area contributed by atoms with Gasteiger partial charge in [0.05, 0.1) is 4.48 Å². The summed E-state index contributed by atoms with van der Waals surface area (Å²) < 4.78 is 5.43. The quantitative estimate of drug-likeness (QED) is 0.625. The van der Waals surface area contributed by atoms with Crippen LogP contribution in [0.1, 0.15) is 6.92 Å². The highest BCUT2D eigenvalue weighted by Crippen LogP contribution is 2.23. The molecular formula is C7H8BrNO3. The molecule has 0 saturated heterocycles. The fourth-order valence-corrected chi connectivity index (χ4v) is 1.48.